The highest BCUT2D eigenvalue weighted by atomic mass is 32.1. The Labute approximate surface area is 124 Å². The van der Waals surface area contributed by atoms with Crippen LogP contribution in [0.1, 0.15) is 59.3 Å². The van der Waals surface area contributed by atoms with Gasteiger partial charge in [-0.1, -0.05) is 25.7 Å². The topological polar surface area (TPSA) is 12.5 Å². The Morgan fingerprint density at radius 3 is 2.32 bits per heavy atom. The molecule has 0 aromatic rings. The first-order valence-electron chi connectivity index (χ1n) is 7.96. The summed E-state index contributed by atoms with van der Waals surface area (Å²) in [5.74, 6) is 1.04. The highest BCUT2D eigenvalue weighted by molar-refractivity contribution is 7.80. The Hall–Kier alpha value is 0.270. The molecule has 1 heterocycles. The minimum Gasteiger partial charge on any atom is -0.370 e. The van der Waals surface area contributed by atoms with Crippen molar-refractivity contribution < 1.29 is 4.74 Å². The van der Waals surface area contributed by atoms with E-state index in [1.54, 1.807) is 0 Å². The number of nitrogens with zero attached hydrogens (tertiary/aromatic N) is 1. The van der Waals surface area contributed by atoms with Crippen LogP contribution in [0, 0.1) is 5.41 Å². The highest BCUT2D eigenvalue weighted by Gasteiger charge is 2.37. The molecule has 0 radical (unpaired) electrons. The molecule has 0 amide bonds. The van der Waals surface area contributed by atoms with Crippen LogP contribution in [0.5, 0.6) is 0 Å². The molecule has 2 fully saturated rings. The van der Waals surface area contributed by atoms with Crippen molar-refractivity contribution in [3.8, 4) is 0 Å². The Morgan fingerprint density at radius 1 is 1.16 bits per heavy atom. The molecule has 19 heavy (non-hydrogen) atoms. The van der Waals surface area contributed by atoms with E-state index in [1.165, 1.54) is 45.1 Å². The predicted octanol–water partition coefficient (Wildman–Crippen LogP) is 3.76. The number of ether oxygens (including phenoxy) is 1. The van der Waals surface area contributed by atoms with Crippen molar-refractivity contribution >= 4 is 12.6 Å². The fourth-order valence-corrected chi connectivity index (χ4v) is 4.44. The van der Waals surface area contributed by atoms with Crippen molar-refractivity contribution in [3.05, 3.63) is 0 Å². The quantitative estimate of drug-likeness (QED) is 0.626. The fraction of sp³-hybridized carbons (Fsp3) is 1.00. The van der Waals surface area contributed by atoms with Gasteiger partial charge in [0.05, 0.1) is 11.7 Å². The minimum atomic E-state index is 0.000183. The van der Waals surface area contributed by atoms with Crippen molar-refractivity contribution in [2.24, 2.45) is 5.41 Å². The molecular weight excluding hydrogens is 254 g/mol. The molecule has 0 aromatic carbocycles. The van der Waals surface area contributed by atoms with Crippen molar-refractivity contribution in [2.75, 3.05) is 25.4 Å². The maximum absolute atomic E-state index is 6.02. The van der Waals surface area contributed by atoms with Gasteiger partial charge in [-0.3, -0.25) is 4.90 Å². The van der Waals surface area contributed by atoms with E-state index in [1.807, 2.05) is 0 Å². The van der Waals surface area contributed by atoms with Crippen LogP contribution < -0.4 is 0 Å². The third-order valence-electron chi connectivity index (χ3n) is 4.70. The summed E-state index contributed by atoms with van der Waals surface area (Å²) in [6.45, 7) is 10.0. The van der Waals surface area contributed by atoms with Gasteiger partial charge in [0.1, 0.15) is 0 Å². The Balaban J connectivity index is 2.00. The zero-order valence-corrected chi connectivity index (χ0v) is 13.8. The van der Waals surface area contributed by atoms with E-state index in [-0.39, 0.29) is 5.60 Å². The Morgan fingerprint density at radius 2 is 1.79 bits per heavy atom. The van der Waals surface area contributed by atoms with Crippen LogP contribution in [0.3, 0.4) is 0 Å². The van der Waals surface area contributed by atoms with Crippen molar-refractivity contribution in [1.82, 2.24) is 4.90 Å². The maximum atomic E-state index is 6.02. The Kier molecular flexibility index (Phi) is 5.24. The van der Waals surface area contributed by atoms with Crippen LogP contribution >= 0.6 is 12.6 Å². The maximum Gasteiger partial charge on any atom is 0.0757 e. The predicted molar refractivity (Wildman–Crippen MR) is 85.1 cm³/mol. The first kappa shape index (κ1) is 15.7. The first-order valence-corrected chi connectivity index (χ1v) is 8.59. The highest BCUT2D eigenvalue weighted by Crippen LogP contribution is 2.38. The van der Waals surface area contributed by atoms with E-state index in [9.17, 15) is 0 Å². The molecule has 3 heteroatoms. The zero-order valence-electron chi connectivity index (χ0n) is 13.0. The molecule has 1 aliphatic carbocycles. The third-order valence-corrected chi connectivity index (χ3v) is 5.37. The van der Waals surface area contributed by atoms with E-state index in [0.717, 1.165) is 18.8 Å². The van der Waals surface area contributed by atoms with E-state index in [2.05, 4.69) is 25.7 Å². The number of thiol groups is 1. The fourth-order valence-electron chi connectivity index (χ4n) is 4.03. The van der Waals surface area contributed by atoms with Crippen LogP contribution in [-0.4, -0.2) is 42.0 Å². The molecule has 0 N–H and O–H groups in total. The lowest BCUT2D eigenvalue weighted by molar-refractivity contribution is -0.134. The number of rotatable bonds is 3. The van der Waals surface area contributed by atoms with Crippen molar-refractivity contribution in [3.63, 3.8) is 0 Å². The second-order valence-corrected chi connectivity index (χ2v) is 7.75. The molecule has 112 valence electrons. The summed E-state index contributed by atoms with van der Waals surface area (Å²) < 4.78 is 6.02. The van der Waals surface area contributed by atoms with Gasteiger partial charge in [0.2, 0.25) is 0 Å². The van der Waals surface area contributed by atoms with Gasteiger partial charge in [-0.2, -0.15) is 12.6 Å². The van der Waals surface area contributed by atoms with Crippen molar-refractivity contribution in [2.45, 2.75) is 71.0 Å². The van der Waals surface area contributed by atoms with Crippen LogP contribution in [0.25, 0.3) is 0 Å². The smallest absolute Gasteiger partial charge is 0.0757 e. The Bertz CT molecular complexity index is 284. The summed E-state index contributed by atoms with van der Waals surface area (Å²) >= 11 is 4.70. The van der Waals surface area contributed by atoms with Gasteiger partial charge in [0.25, 0.3) is 0 Å². The molecule has 0 bridgehead atoms. The molecule has 1 unspecified atom stereocenters. The molecular formula is C16H31NOS. The molecule has 1 atom stereocenters. The van der Waals surface area contributed by atoms with Crippen LogP contribution in [0.15, 0.2) is 0 Å². The molecule has 2 rings (SSSR count). The van der Waals surface area contributed by atoms with Gasteiger partial charge < -0.3 is 4.74 Å². The van der Waals surface area contributed by atoms with E-state index in [4.69, 9.17) is 17.4 Å². The summed E-state index contributed by atoms with van der Waals surface area (Å²) in [6.07, 6.45) is 8.70. The summed E-state index contributed by atoms with van der Waals surface area (Å²) in [4.78, 5) is 2.63. The first-order chi connectivity index (χ1) is 8.95. The van der Waals surface area contributed by atoms with Crippen LogP contribution in [-0.2, 0) is 4.74 Å². The summed E-state index contributed by atoms with van der Waals surface area (Å²) in [7, 11) is 0. The van der Waals surface area contributed by atoms with Crippen LogP contribution in [0.2, 0.25) is 0 Å². The third kappa shape index (κ3) is 4.37. The van der Waals surface area contributed by atoms with E-state index < -0.39 is 0 Å². The lowest BCUT2D eigenvalue weighted by atomic mass is 9.81. The average molecular weight is 285 g/mol. The minimum absolute atomic E-state index is 0.000183. The zero-order chi connectivity index (χ0) is 13.9. The van der Waals surface area contributed by atoms with Gasteiger partial charge in [0, 0.05) is 19.6 Å². The average Bonchev–Trinajstić information content (AvgIpc) is 2.52. The van der Waals surface area contributed by atoms with Gasteiger partial charge in [0.15, 0.2) is 0 Å². The molecule has 2 nitrogen and oxygen atoms in total. The lowest BCUT2D eigenvalue weighted by Gasteiger charge is -2.45. The monoisotopic (exact) mass is 285 g/mol. The normalized spacial score (nSPS) is 31.9. The second-order valence-electron chi connectivity index (χ2n) is 7.43. The number of hydrogen-bond donors (Lipinski definition) is 1. The van der Waals surface area contributed by atoms with Gasteiger partial charge in [-0.05, 0) is 44.8 Å². The summed E-state index contributed by atoms with van der Waals surface area (Å²) in [5.41, 5.74) is 0.451. The van der Waals surface area contributed by atoms with E-state index >= 15 is 0 Å². The van der Waals surface area contributed by atoms with E-state index in [0.29, 0.717) is 11.5 Å². The second kappa shape index (κ2) is 6.36. The largest absolute Gasteiger partial charge is 0.370 e. The number of hydrogen-bond acceptors (Lipinski definition) is 3. The molecule has 0 spiro atoms. The SMILES string of the molecule is CC1CN(CC2(CS)CCCCCC2)CC(C)(C)O1. The van der Waals surface area contributed by atoms with Gasteiger partial charge >= 0.3 is 0 Å². The van der Waals surface area contributed by atoms with Gasteiger partial charge in [-0.15, -0.1) is 0 Å². The molecule has 0 aromatic heterocycles. The molecule has 1 aliphatic heterocycles. The standard InChI is InChI=1S/C16H31NOS/c1-14-10-17(11-15(2,3)18-14)12-16(13-19)8-6-4-5-7-9-16/h14,19H,4-13H2,1-3H3. The molecule has 2 aliphatic rings. The molecule has 1 saturated carbocycles. The number of morpholine rings is 1. The summed E-state index contributed by atoms with van der Waals surface area (Å²) in [5, 5.41) is 0. The van der Waals surface area contributed by atoms with Gasteiger partial charge in [-0.25, -0.2) is 0 Å². The van der Waals surface area contributed by atoms with Crippen molar-refractivity contribution in [1.29, 1.82) is 0 Å². The lowest BCUT2D eigenvalue weighted by Crippen LogP contribution is -2.54. The van der Waals surface area contributed by atoms with Crippen LogP contribution in [0.4, 0.5) is 0 Å². The summed E-state index contributed by atoms with van der Waals surface area (Å²) in [6, 6.07) is 0. The molecule has 1 saturated heterocycles.